The van der Waals surface area contributed by atoms with Crippen LogP contribution in [0.15, 0.2) is 47.1 Å². The van der Waals surface area contributed by atoms with E-state index in [1.165, 1.54) is 11.3 Å². The van der Waals surface area contributed by atoms with Crippen molar-refractivity contribution in [3.05, 3.63) is 53.2 Å². The number of fused-ring (bicyclic) bond motifs is 1. The van der Waals surface area contributed by atoms with Gasteiger partial charge < -0.3 is 19.2 Å². The average molecular weight is 356 g/mol. The van der Waals surface area contributed by atoms with E-state index in [2.05, 4.69) is 10.3 Å². The van der Waals surface area contributed by atoms with Gasteiger partial charge in [-0.1, -0.05) is 12.1 Å². The molecule has 1 aromatic carbocycles. The number of para-hydroxylation sites is 2. The molecule has 0 bridgehead atoms. The van der Waals surface area contributed by atoms with E-state index >= 15 is 0 Å². The molecule has 1 amide bonds. The van der Waals surface area contributed by atoms with Crippen molar-refractivity contribution in [1.29, 1.82) is 0 Å². The first-order valence-corrected chi connectivity index (χ1v) is 8.69. The predicted molar refractivity (Wildman–Crippen MR) is 92.8 cm³/mol. The van der Waals surface area contributed by atoms with Gasteiger partial charge in [-0.25, -0.2) is 4.98 Å². The van der Waals surface area contributed by atoms with Gasteiger partial charge in [0, 0.05) is 4.88 Å². The monoisotopic (exact) mass is 356 g/mol. The lowest BCUT2D eigenvalue weighted by molar-refractivity contribution is -0.130. The van der Waals surface area contributed by atoms with Crippen LogP contribution in [0.2, 0.25) is 0 Å². The summed E-state index contributed by atoms with van der Waals surface area (Å²) >= 11 is 1.50. The summed E-state index contributed by atoms with van der Waals surface area (Å²) in [5.41, 5.74) is 0.878. The lowest BCUT2D eigenvalue weighted by atomic mass is 10.2. The van der Waals surface area contributed by atoms with Crippen molar-refractivity contribution in [3.63, 3.8) is 0 Å². The summed E-state index contributed by atoms with van der Waals surface area (Å²) in [6.07, 6.45) is 0.957. The zero-order valence-electron chi connectivity index (χ0n) is 13.5. The topological polar surface area (TPSA) is 73.6 Å². The minimum atomic E-state index is -0.660. The second kappa shape index (κ2) is 6.60. The number of ether oxygens (including phenoxy) is 2. The maximum atomic E-state index is 12.4. The molecule has 1 aliphatic heterocycles. The van der Waals surface area contributed by atoms with E-state index in [1.807, 2.05) is 37.3 Å². The number of benzene rings is 1. The fourth-order valence-corrected chi connectivity index (χ4v) is 3.50. The molecule has 0 saturated heterocycles. The van der Waals surface area contributed by atoms with Crippen LogP contribution in [0.1, 0.15) is 10.6 Å². The number of furan rings is 1. The number of hydrogen-bond acceptors (Lipinski definition) is 6. The van der Waals surface area contributed by atoms with Crippen molar-refractivity contribution in [2.75, 3.05) is 6.61 Å². The summed E-state index contributed by atoms with van der Waals surface area (Å²) in [7, 11) is 0. The Hall–Kier alpha value is -2.80. The molecule has 6 nitrogen and oxygen atoms in total. The molecule has 1 unspecified atom stereocenters. The van der Waals surface area contributed by atoms with Crippen molar-refractivity contribution in [3.8, 4) is 22.3 Å². The van der Waals surface area contributed by atoms with Gasteiger partial charge in [-0.15, -0.1) is 11.3 Å². The maximum Gasteiger partial charge on any atom is 0.264 e. The highest BCUT2D eigenvalue weighted by Gasteiger charge is 2.27. The SMILES string of the molecule is Cc1nc(-c2ccco2)sc1CNC(=O)C1COc2ccccc2O1. The minimum absolute atomic E-state index is 0.197. The van der Waals surface area contributed by atoms with Gasteiger partial charge in [0.25, 0.3) is 5.91 Å². The summed E-state index contributed by atoms with van der Waals surface area (Å²) in [5, 5.41) is 3.70. The van der Waals surface area contributed by atoms with Crippen molar-refractivity contribution >= 4 is 17.2 Å². The van der Waals surface area contributed by atoms with Gasteiger partial charge in [0.05, 0.1) is 18.5 Å². The number of nitrogens with zero attached hydrogens (tertiary/aromatic N) is 1. The highest BCUT2D eigenvalue weighted by molar-refractivity contribution is 7.15. The first-order valence-electron chi connectivity index (χ1n) is 7.87. The van der Waals surface area contributed by atoms with Crippen molar-refractivity contribution in [1.82, 2.24) is 10.3 Å². The first-order chi connectivity index (χ1) is 12.2. The van der Waals surface area contributed by atoms with E-state index < -0.39 is 6.10 Å². The Morgan fingerprint density at radius 1 is 1.28 bits per heavy atom. The fourth-order valence-electron chi connectivity index (χ4n) is 2.53. The number of amides is 1. The maximum absolute atomic E-state index is 12.4. The zero-order valence-corrected chi connectivity index (χ0v) is 14.3. The number of carbonyl (C=O) groups is 1. The molecule has 0 saturated carbocycles. The van der Waals surface area contributed by atoms with Gasteiger partial charge in [-0.3, -0.25) is 4.79 Å². The third-order valence-electron chi connectivity index (χ3n) is 3.85. The smallest absolute Gasteiger partial charge is 0.264 e. The molecule has 1 aliphatic rings. The largest absolute Gasteiger partial charge is 0.485 e. The summed E-state index contributed by atoms with van der Waals surface area (Å²) in [6.45, 7) is 2.51. The quantitative estimate of drug-likeness (QED) is 0.777. The van der Waals surface area contributed by atoms with Gasteiger partial charge in [0.15, 0.2) is 22.3 Å². The lowest BCUT2D eigenvalue weighted by Crippen LogP contribution is -2.43. The highest BCUT2D eigenvalue weighted by atomic mass is 32.1. The van der Waals surface area contributed by atoms with Crippen LogP contribution in [0, 0.1) is 6.92 Å². The number of aryl methyl sites for hydroxylation is 1. The fraction of sp³-hybridized carbons (Fsp3) is 0.222. The molecule has 128 valence electrons. The molecule has 0 aliphatic carbocycles. The predicted octanol–water partition coefficient (Wildman–Crippen LogP) is 3.17. The Kier molecular flexibility index (Phi) is 4.15. The molecule has 0 radical (unpaired) electrons. The van der Waals surface area contributed by atoms with E-state index in [9.17, 15) is 4.79 Å². The minimum Gasteiger partial charge on any atom is -0.485 e. The molecule has 3 heterocycles. The molecule has 7 heteroatoms. The Morgan fingerprint density at radius 2 is 2.12 bits per heavy atom. The third-order valence-corrected chi connectivity index (χ3v) is 5.02. The van der Waals surface area contributed by atoms with Crippen LogP contribution in [-0.4, -0.2) is 23.6 Å². The molecule has 1 N–H and O–H groups in total. The van der Waals surface area contributed by atoms with Crippen LogP contribution in [0.3, 0.4) is 0 Å². The molecule has 25 heavy (non-hydrogen) atoms. The third kappa shape index (κ3) is 3.23. The second-order valence-electron chi connectivity index (χ2n) is 5.59. The molecule has 1 atom stereocenters. The molecule has 4 rings (SSSR count). The van der Waals surface area contributed by atoms with Gasteiger partial charge in [0.2, 0.25) is 6.10 Å². The Bertz CT molecular complexity index is 888. The number of thiazole rings is 1. The van der Waals surface area contributed by atoms with Gasteiger partial charge in [-0.05, 0) is 31.2 Å². The van der Waals surface area contributed by atoms with E-state index in [4.69, 9.17) is 13.9 Å². The van der Waals surface area contributed by atoms with Gasteiger partial charge in [0.1, 0.15) is 6.61 Å². The molecular weight excluding hydrogens is 340 g/mol. The van der Waals surface area contributed by atoms with E-state index in [-0.39, 0.29) is 12.5 Å². The van der Waals surface area contributed by atoms with Gasteiger partial charge in [-0.2, -0.15) is 0 Å². The summed E-state index contributed by atoms with van der Waals surface area (Å²) in [5.74, 6) is 1.77. The first kappa shape index (κ1) is 15.7. The molecule has 0 fully saturated rings. The number of rotatable bonds is 4. The van der Waals surface area contributed by atoms with E-state index in [1.54, 1.807) is 12.3 Å². The average Bonchev–Trinajstić information content (AvgIpc) is 3.29. The van der Waals surface area contributed by atoms with Crippen LogP contribution in [0.4, 0.5) is 0 Å². The molecular formula is C18H16N2O4S. The highest BCUT2D eigenvalue weighted by Crippen LogP contribution is 2.31. The second-order valence-corrected chi connectivity index (χ2v) is 6.67. The Morgan fingerprint density at radius 3 is 2.92 bits per heavy atom. The van der Waals surface area contributed by atoms with E-state index in [0.717, 1.165) is 21.3 Å². The van der Waals surface area contributed by atoms with Crippen molar-refractivity contribution < 1.29 is 18.7 Å². The molecule has 2 aromatic heterocycles. The van der Waals surface area contributed by atoms with Crippen LogP contribution in [0.5, 0.6) is 11.5 Å². The van der Waals surface area contributed by atoms with Crippen molar-refractivity contribution in [2.24, 2.45) is 0 Å². The number of hydrogen-bond donors (Lipinski definition) is 1. The number of carbonyl (C=O) groups excluding carboxylic acids is 1. The van der Waals surface area contributed by atoms with Crippen molar-refractivity contribution in [2.45, 2.75) is 19.6 Å². The molecule has 0 spiro atoms. The van der Waals surface area contributed by atoms with Gasteiger partial charge >= 0.3 is 0 Å². The summed E-state index contributed by atoms with van der Waals surface area (Å²) in [4.78, 5) is 17.9. The normalized spacial score (nSPS) is 15.8. The van der Waals surface area contributed by atoms with Crippen LogP contribution in [0.25, 0.3) is 10.8 Å². The van der Waals surface area contributed by atoms with E-state index in [0.29, 0.717) is 18.0 Å². The number of nitrogens with one attached hydrogen (secondary N) is 1. The Labute approximate surface area is 148 Å². The summed E-state index contributed by atoms with van der Waals surface area (Å²) in [6, 6.07) is 11.0. The Balaban J connectivity index is 1.40. The number of aromatic nitrogens is 1. The zero-order chi connectivity index (χ0) is 17.2. The standard InChI is InChI=1S/C18H16N2O4S/c1-11-16(25-18(20-11)14-7-4-8-22-14)9-19-17(21)15-10-23-12-5-2-3-6-13(12)24-15/h2-8,15H,9-10H2,1H3,(H,19,21). The van der Waals surface area contributed by atoms with Crippen LogP contribution < -0.4 is 14.8 Å². The lowest BCUT2D eigenvalue weighted by Gasteiger charge is -2.25. The van der Waals surface area contributed by atoms with Crippen LogP contribution >= 0.6 is 11.3 Å². The molecule has 3 aromatic rings. The van der Waals surface area contributed by atoms with Crippen LogP contribution in [-0.2, 0) is 11.3 Å². The summed E-state index contributed by atoms with van der Waals surface area (Å²) < 4.78 is 16.7.